The average Bonchev–Trinajstić information content (AvgIpc) is 2.74. The van der Waals surface area contributed by atoms with Gasteiger partial charge in [-0.25, -0.2) is 19.3 Å². The number of alkyl halides is 3. The van der Waals surface area contributed by atoms with Gasteiger partial charge in [0.15, 0.2) is 11.3 Å². The zero-order chi connectivity index (χ0) is 21.3. The van der Waals surface area contributed by atoms with Gasteiger partial charge in [-0.05, 0) is 42.8 Å². The van der Waals surface area contributed by atoms with Crippen LogP contribution >= 0.6 is 0 Å². The molecule has 0 saturated heterocycles. The molecule has 6 nitrogen and oxygen atoms in total. The standard InChI is InChI=1S/C20H14F4N6/c1-11(16-6-7-17(30-29-16)20(22,23)24)28-19-15-8-13(9-25-18(15)26-10-27-19)12-2-4-14(21)5-3-12/h2-11H,1H3,(H,25,26,27,28)/t11-/m1/s1. The molecule has 152 valence electrons. The van der Waals surface area contributed by atoms with Crippen LogP contribution in [0, 0.1) is 5.82 Å². The molecule has 4 rings (SSSR count). The van der Waals surface area contributed by atoms with E-state index in [2.05, 4.69) is 30.5 Å². The lowest BCUT2D eigenvalue weighted by atomic mass is 10.1. The van der Waals surface area contributed by atoms with Crippen molar-refractivity contribution in [2.75, 3.05) is 5.32 Å². The molecule has 1 N–H and O–H groups in total. The molecule has 0 fully saturated rings. The van der Waals surface area contributed by atoms with Gasteiger partial charge in [-0.1, -0.05) is 12.1 Å². The van der Waals surface area contributed by atoms with Crippen LogP contribution in [0.1, 0.15) is 24.4 Å². The van der Waals surface area contributed by atoms with Crippen molar-refractivity contribution < 1.29 is 17.6 Å². The van der Waals surface area contributed by atoms with E-state index in [0.29, 0.717) is 22.5 Å². The maximum absolute atomic E-state index is 13.2. The Balaban J connectivity index is 1.65. The molecule has 0 aliphatic rings. The van der Waals surface area contributed by atoms with Gasteiger partial charge in [-0.3, -0.25) is 0 Å². The molecule has 1 atom stereocenters. The summed E-state index contributed by atoms with van der Waals surface area (Å²) in [6.07, 6.45) is -1.59. The molecule has 10 heteroatoms. The Morgan fingerprint density at radius 2 is 1.67 bits per heavy atom. The van der Waals surface area contributed by atoms with Crippen molar-refractivity contribution in [2.45, 2.75) is 19.1 Å². The third kappa shape index (κ3) is 4.02. The number of hydrogen-bond donors (Lipinski definition) is 1. The predicted octanol–water partition coefficient (Wildman–Crippen LogP) is 4.81. The van der Waals surface area contributed by atoms with Crippen molar-refractivity contribution in [3.05, 3.63) is 72.2 Å². The maximum atomic E-state index is 13.2. The Morgan fingerprint density at radius 1 is 0.900 bits per heavy atom. The zero-order valence-corrected chi connectivity index (χ0v) is 15.5. The van der Waals surface area contributed by atoms with Crippen molar-refractivity contribution in [3.8, 4) is 11.1 Å². The third-order valence-electron chi connectivity index (χ3n) is 4.44. The van der Waals surface area contributed by atoms with Gasteiger partial charge in [0.1, 0.15) is 18.0 Å². The number of aromatic nitrogens is 5. The number of halogens is 4. The fourth-order valence-corrected chi connectivity index (χ4v) is 2.86. The Hall–Kier alpha value is -3.69. The quantitative estimate of drug-likeness (QED) is 0.483. The highest BCUT2D eigenvalue weighted by Gasteiger charge is 2.33. The summed E-state index contributed by atoms with van der Waals surface area (Å²) in [5.74, 6) is 0.0929. The van der Waals surface area contributed by atoms with Gasteiger partial charge in [0.2, 0.25) is 0 Å². The molecule has 0 unspecified atom stereocenters. The fourth-order valence-electron chi connectivity index (χ4n) is 2.86. The van der Waals surface area contributed by atoms with Crippen LogP contribution in [0.4, 0.5) is 23.4 Å². The SMILES string of the molecule is C[C@@H](Nc1ncnc2ncc(-c3ccc(F)cc3)cc12)c1ccc(C(F)(F)F)nn1. The highest BCUT2D eigenvalue weighted by molar-refractivity contribution is 5.89. The summed E-state index contributed by atoms with van der Waals surface area (Å²) in [5.41, 5.74) is 1.20. The summed E-state index contributed by atoms with van der Waals surface area (Å²) in [4.78, 5) is 12.7. The van der Waals surface area contributed by atoms with E-state index in [0.717, 1.165) is 17.2 Å². The molecule has 3 aromatic heterocycles. The third-order valence-corrected chi connectivity index (χ3v) is 4.44. The number of hydrogen-bond acceptors (Lipinski definition) is 6. The first-order valence-corrected chi connectivity index (χ1v) is 8.85. The van der Waals surface area contributed by atoms with Crippen LogP contribution in [-0.2, 0) is 6.18 Å². The number of nitrogens with one attached hydrogen (secondary N) is 1. The molecule has 0 saturated carbocycles. The lowest BCUT2D eigenvalue weighted by Gasteiger charge is -2.15. The number of anilines is 1. The Labute approximate surface area is 168 Å². The number of nitrogens with zero attached hydrogens (tertiary/aromatic N) is 5. The highest BCUT2D eigenvalue weighted by Crippen LogP contribution is 2.29. The van der Waals surface area contributed by atoms with E-state index in [1.54, 1.807) is 25.3 Å². The average molecular weight is 414 g/mol. The van der Waals surface area contributed by atoms with E-state index < -0.39 is 17.9 Å². The largest absolute Gasteiger partial charge is 0.435 e. The van der Waals surface area contributed by atoms with Crippen LogP contribution in [0.5, 0.6) is 0 Å². The van der Waals surface area contributed by atoms with Crippen LogP contribution < -0.4 is 5.32 Å². The molecule has 0 bridgehead atoms. The molecular formula is C20H14F4N6. The minimum Gasteiger partial charge on any atom is -0.361 e. The number of benzene rings is 1. The summed E-state index contributed by atoms with van der Waals surface area (Å²) < 4.78 is 51.2. The molecule has 0 spiro atoms. The molecule has 1 aromatic carbocycles. The highest BCUT2D eigenvalue weighted by atomic mass is 19.4. The Morgan fingerprint density at radius 3 is 2.33 bits per heavy atom. The molecular weight excluding hydrogens is 400 g/mol. The summed E-state index contributed by atoms with van der Waals surface area (Å²) in [6, 6.07) is 9.45. The van der Waals surface area contributed by atoms with E-state index in [1.807, 2.05) is 6.07 Å². The van der Waals surface area contributed by atoms with Gasteiger partial charge >= 0.3 is 6.18 Å². The van der Waals surface area contributed by atoms with Gasteiger partial charge in [0.05, 0.1) is 17.1 Å². The van der Waals surface area contributed by atoms with E-state index in [-0.39, 0.29) is 5.82 Å². The van der Waals surface area contributed by atoms with Crippen molar-refractivity contribution in [3.63, 3.8) is 0 Å². The second-order valence-electron chi connectivity index (χ2n) is 6.53. The second-order valence-corrected chi connectivity index (χ2v) is 6.53. The molecule has 0 amide bonds. The lowest BCUT2D eigenvalue weighted by molar-refractivity contribution is -0.141. The van der Waals surface area contributed by atoms with E-state index in [1.165, 1.54) is 24.5 Å². The molecule has 3 heterocycles. The maximum Gasteiger partial charge on any atom is 0.435 e. The number of pyridine rings is 1. The van der Waals surface area contributed by atoms with Gasteiger partial charge in [0, 0.05) is 11.8 Å². The zero-order valence-electron chi connectivity index (χ0n) is 15.5. The Kier molecular flexibility index (Phi) is 4.98. The summed E-state index contributed by atoms with van der Waals surface area (Å²) in [7, 11) is 0. The molecule has 0 aliphatic carbocycles. The smallest absolute Gasteiger partial charge is 0.361 e. The normalized spacial score (nSPS) is 12.7. The molecule has 0 aliphatic heterocycles. The first kappa shape index (κ1) is 19.6. The molecule has 0 radical (unpaired) electrons. The fraction of sp³-hybridized carbons (Fsp3) is 0.150. The lowest BCUT2D eigenvalue weighted by Crippen LogP contribution is -2.14. The van der Waals surface area contributed by atoms with Crippen LogP contribution in [0.3, 0.4) is 0 Å². The van der Waals surface area contributed by atoms with Crippen molar-refractivity contribution in [1.29, 1.82) is 0 Å². The van der Waals surface area contributed by atoms with E-state index in [9.17, 15) is 17.6 Å². The van der Waals surface area contributed by atoms with Crippen LogP contribution in [0.2, 0.25) is 0 Å². The van der Waals surface area contributed by atoms with Crippen molar-refractivity contribution >= 4 is 16.9 Å². The molecule has 4 aromatic rings. The number of fused-ring (bicyclic) bond motifs is 1. The molecule has 30 heavy (non-hydrogen) atoms. The van der Waals surface area contributed by atoms with Gasteiger partial charge in [0.25, 0.3) is 0 Å². The first-order chi connectivity index (χ1) is 14.3. The number of rotatable bonds is 4. The van der Waals surface area contributed by atoms with Gasteiger partial charge < -0.3 is 5.32 Å². The second kappa shape index (κ2) is 7.62. The van der Waals surface area contributed by atoms with E-state index >= 15 is 0 Å². The summed E-state index contributed by atoms with van der Waals surface area (Å²) in [5, 5.41) is 10.6. The van der Waals surface area contributed by atoms with Crippen LogP contribution in [0.25, 0.3) is 22.2 Å². The van der Waals surface area contributed by atoms with Crippen molar-refractivity contribution in [1.82, 2.24) is 25.1 Å². The summed E-state index contributed by atoms with van der Waals surface area (Å²) in [6.45, 7) is 1.72. The van der Waals surface area contributed by atoms with Gasteiger partial charge in [-0.15, -0.1) is 5.10 Å². The predicted molar refractivity (Wildman–Crippen MR) is 102 cm³/mol. The Bertz CT molecular complexity index is 1180. The summed E-state index contributed by atoms with van der Waals surface area (Å²) >= 11 is 0. The topological polar surface area (TPSA) is 76.5 Å². The van der Waals surface area contributed by atoms with Crippen molar-refractivity contribution in [2.24, 2.45) is 0 Å². The minimum absolute atomic E-state index is 0.317. The van der Waals surface area contributed by atoms with Crippen LogP contribution in [-0.4, -0.2) is 25.1 Å². The minimum atomic E-state index is -4.55. The monoisotopic (exact) mass is 414 g/mol. The van der Waals surface area contributed by atoms with Crippen LogP contribution in [0.15, 0.2) is 55.0 Å². The van der Waals surface area contributed by atoms with Gasteiger partial charge in [-0.2, -0.15) is 18.3 Å². The van der Waals surface area contributed by atoms with E-state index in [4.69, 9.17) is 0 Å². The first-order valence-electron chi connectivity index (χ1n) is 8.85.